The minimum Gasteiger partial charge on any atom is -0.293 e. The van der Waals surface area contributed by atoms with Crippen molar-refractivity contribution in [3.05, 3.63) is 65.7 Å². The molecule has 2 nitrogen and oxygen atoms in total. The average Bonchev–Trinajstić information content (AvgIpc) is 2.53. The Balaban J connectivity index is 2.17. The third kappa shape index (κ3) is 3.67. The third-order valence-corrected chi connectivity index (χ3v) is 5.12. The van der Waals surface area contributed by atoms with E-state index in [1.165, 1.54) is 5.56 Å². The van der Waals surface area contributed by atoms with Crippen LogP contribution < -0.4 is 0 Å². The zero-order valence-electron chi connectivity index (χ0n) is 12.6. The number of carbonyl (C=O) groups excluding carboxylic acids is 1. The second-order valence-electron chi connectivity index (χ2n) is 5.39. The van der Waals surface area contributed by atoms with Crippen LogP contribution in [0.25, 0.3) is 0 Å². The smallest absolute Gasteiger partial charge is 0.178 e. The highest BCUT2D eigenvalue weighted by atomic mass is 32.2. The minimum atomic E-state index is -1.33. The topological polar surface area (TPSA) is 34.1 Å². The van der Waals surface area contributed by atoms with Crippen LogP contribution in [0.15, 0.2) is 59.5 Å². The van der Waals surface area contributed by atoms with Gasteiger partial charge in [0.15, 0.2) is 5.78 Å². The number of rotatable bonds is 5. The summed E-state index contributed by atoms with van der Waals surface area (Å²) in [6.45, 7) is 5.96. The SMILES string of the molecule is CC(C)c1ccc(S(=O)C(C)C(=O)c2ccccc2)cc1. The summed E-state index contributed by atoms with van der Waals surface area (Å²) in [5, 5.41) is -0.544. The summed E-state index contributed by atoms with van der Waals surface area (Å²) in [6.07, 6.45) is 0. The van der Waals surface area contributed by atoms with Gasteiger partial charge in [-0.2, -0.15) is 0 Å². The molecule has 0 N–H and O–H groups in total. The van der Waals surface area contributed by atoms with Crippen molar-refractivity contribution in [3.8, 4) is 0 Å². The van der Waals surface area contributed by atoms with Gasteiger partial charge >= 0.3 is 0 Å². The lowest BCUT2D eigenvalue weighted by Gasteiger charge is -2.12. The van der Waals surface area contributed by atoms with Crippen molar-refractivity contribution >= 4 is 16.6 Å². The van der Waals surface area contributed by atoms with Gasteiger partial charge in [0, 0.05) is 10.5 Å². The first-order valence-corrected chi connectivity index (χ1v) is 8.32. The van der Waals surface area contributed by atoms with E-state index in [4.69, 9.17) is 0 Å². The fraction of sp³-hybridized carbons (Fsp3) is 0.278. The summed E-state index contributed by atoms with van der Waals surface area (Å²) in [7, 11) is -1.33. The van der Waals surface area contributed by atoms with E-state index in [-0.39, 0.29) is 5.78 Å². The van der Waals surface area contributed by atoms with Crippen LogP contribution >= 0.6 is 0 Å². The van der Waals surface area contributed by atoms with Gasteiger partial charge in [-0.3, -0.25) is 9.00 Å². The van der Waals surface area contributed by atoms with Crippen molar-refractivity contribution in [3.63, 3.8) is 0 Å². The van der Waals surface area contributed by atoms with E-state index >= 15 is 0 Å². The number of ketones is 1. The lowest BCUT2D eigenvalue weighted by atomic mass is 10.0. The highest BCUT2D eigenvalue weighted by Gasteiger charge is 2.22. The molecule has 0 spiro atoms. The van der Waals surface area contributed by atoms with Gasteiger partial charge in [0.25, 0.3) is 0 Å². The largest absolute Gasteiger partial charge is 0.293 e. The van der Waals surface area contributed by atoms with E-state index in [1.807, 2.05) is 42.5 Å². The summed E-state index contributed by atoms with van der Waals surface area (Å²) in [5.41, 5.74) is 1.81. The zero-order valence-corrected chi connectivity index (χ0v) is 13.4. The molecule has 0 aliphatic carbocycles. The van der Waals surface area contributed by atoms with E-state index in [0.29, 0.717) is 16.4 Å². The van der Waals surface area contributed by atoms with Gasteiger partial charge in [-0.25, -0.2) is 0 Å². The maximum atomic E-state index is 12.5. The summed E-state index contributed by atoms with van der Waals surface area (Å²) in [4.78, 5) is 13.0. The molecular formula is C18H20O2S. The van der Waals surface area contributed by atoms with Crippen LogP contribution in [0.2, 0.25) is 0 Å². The molecule has 0 aromatic heterocycles. The molecule has 2 aromatic carbocycles. The van der Waals surface area contributed by atoms with Gasteiger partial charge < -0.3 is 0 Å². The summed E-state index contributed by atoms with van der Waals surface area (Å²) in [5.74, 6) is 0.359. The van der Waals surface area contributed by atoms with E-state index in [1.54, 1.807) is 19.1 Å². The molecule has 0 aliphatic heterocycles. The van der Waals surface area contributed by atoms with Gasteiger partial charge in [0.1, 0.15) is 0 Å². The molecule has 3 heteroatoms. The van der Waals surface area contributed by atoms with Crippen molar-refractivity contribution in [2.75, 3.05) is 0 Å². The molecule has 2 unspecified atom stereocenters. The first kappa shape index (κ1) is 15.6. The molecule has 110 valence electrons. The number of hydrogen-bond donors (Lipinski definition) is 0. The Kier molecular flexibility index (Phi) is 5.07. The normalized spacial score (nSPS) is 13.9. The first-order chi connectivity index (χ1) is 10.0. The molecule has 0 radical (unpaired) electrons. The number of benzene rings is 2. The Morgan fingerprint density at radius 1 is 0.905 bits per heavy atom. The highest BCUT2D eigenvalue weighted by Crippen LogP contribution is 2.19. The molecular weight excluding hydrogens is 280 g/mol. The second kappa shape index (κ2) is 6.81. The molecule has 0 heterocycles. The predicted octanol–water partition coefficient (Wildman–Crippen LogP) is 4.19. The Labute approximate surface area is 128 Å². The molecule has 2 rings (SSSR count). The fourth-order valence-electron chi connectivity index (χ4n) is 2.13. The quantitative estimate of drug-likeness (QED) is 0.776. The van der Waals surface area contributed by atoms with Crippen molar-refractivity contribution in [2.24, 2.45) is 0 Å². The lowest BCUT2D eigenvalue weighted by molar-refractivity contribution is 0.0992. The number of Topliss-reactive ketones (excluding diaryl/α,β-unsaturated/α-hetero) is 1. The summed E-state index contributed by atoms with van der Waals surface area (Å²) >= 11 is 0. The second-order valence-corrected chi connectivity index (χ2v) is 7.17. The summed E-state index contributed by atoms with van der Waals surface area (Å²) in [6, 6.07) is 16.7. The average molecular weight is 300 g/mol. The molecule has 21 heavy (non-hydrogen) atoms. The van der Waals surface area contributed by atoms with Crippen LogP contribution in [0.4, 0.5) is 0 Å². The van der Waals surface area contributed by atoms with Gasteiger partial charge in [0.05, 0.1) is 16.0 Å². The summed E-state index contributed by atoms with van der Waals surface area (Å²) < 4.78 is 12.5. The number of hydrogen-bond acceptors (Lipinski definition) is 2. The van der Waals surface area contributed by atoms with Crippen molar-refractivity contribution in [2.45, 2.75) is 36.8 Å². The van der Waals surface area contributed by atoms with Crippen molar-refractivity contribution < 1.29 is 9.00 Å². The van der Waals surface area contributed by atoms with Crippen LogP contribution in [-0.4, -0.2) is 15.2 Å². The van der Waals surface area contributed by atoms with Crippen LogP contribution in [0.3, 0.4) is 0 Å². The lowest BCUT2D eigenvalue weighted by Crippen LogP contribution is -2.22. The number of carbonyl (C=O) groups is 1. The van der Waals surface area contributed by atoms with E-state index in [9.17, 15) is 9.00 Å². The Hall–Kier alpha value is -1.74. The monoisotopic (exact) mass is 300 g/mol. The van der Waals surface area contributed by atoms with E-state index in [2.05, 4.69) is 13.8 Å². The Morgan fingerprint density at radius 2 is 1.48 bits per heavy atom. The van der Waals surface area contributed by atoms with E-state index in [0.717, 1.165) is 0 Å². The van der Waals surface area contributed by atoms with Crippen LogP contribution in [0.5, 0.6) is 0 Å². The minimum absolute atomic E-state index is 0.0816. The third-order valence-electron chi connectivity index (χ3n) is 3.53. The van der Waals surface area contributed by atoms with Crippen molar-refractivity contribution in [1.82, 2.24) is 0 Å². The first-order valence-electron chi connectivity index (χ1n) is 7.10. The van der Waals surface area contributed by atoms with Crippen molar-refractivity contribution in [1.29, 1.82) is 0 Å². The van der Waals surface area contributed by atoms with Gasteiger partial charge in [-0.05, 0) is 30.5 Å². The molecule has 2 atom stereocenters. The van der Waals surface area contributed by atoms with Gasteiger partial charge in [0.2, 0.25) is 0 Å². The molecule has 0 amide bonds. The van der Waals surface area contributed by atoms with E-state index < -0.39 is 16.0 Å². The fourth-order valence-corrected chi connectivity index (χ4v) is 3.27. The maximum Gasteiger partial charge on any atom is 0.178 e. The standard InChI is InChI=1S/C18H20O2S/c1-13(2)15-9-11-17(12-10-15)21(20)14(3)18(19)16-7-5-4-6-8-16/h4-14H,1-3H3. The van der Waals surface area contributed by atoms with Gasteiger partial charge in [-0.15, -0.1) is 0 Å². The molecule has 0 bridgehead atoms. The Bertz CT molecular complexity index is 630. The highest BCUT2D eigenvalue weighted by molar-refractivity contribution is 7.86. The molecule has 0 saturated carbocycles. The molecule has 2 aromatic rings. The van der Waals surface area contributed by atoms with Gasteiger partial charge in [-0.1, -0.05) is 56.3 Å². The predicted molar refractivity (Wildman–Crippen MR) is 87.2 cm³/mol. The Morgan fingerprint density at radius 3 is 2.00 bits per heavy atom. The maximum absolute atomic E-state index is 12.5. The zero-order chi connectivity index (χ0) is 15.4. The van der Waals surface area contributed by atoms with Crippen LogP contribution in [0, 0.1) is 0 Å². The van der Waals surface area contributed by atoms with Crippen LogP contribution in [-0.2, 0) is 10.8 Å². The molecule has 0 fully saturated rings. The van der Waals surface area contributed by atoms with Crippen LogP contribution in [0.1, 0.15) is 42.6 Å². The molecule has 0 aliphatic rings. The molecule has 0 saturated heterocycles.